The Morgan fingerprint density at radius 2 is 0.554 bits per heavy atom. The van der Waals surface area contributed by atoms with Gasteiger partial charge in [0.05, 0.1) is 0 Å². The van der Waals surface area contributed by atoms with E-state index >= 15 is 0 Å². The van der Waals surface area contributed by atoms with Gasteiger partial charge in [0.25, 0.3) is 0 Å². The predicted molar refractivity (Wildman–Crippen MR) is 385 cm³/mol. The average molecular weight is 1990 g/mol. The van der Waals surface area contributed by atoms with Crippen molar-refractivity contribution in [1.29, 1.82) is 0 Å². The second kappa shape index (κ2) is 37.3. The Morgan fingerprint density at radius 3 is 0.902 bits per heavy atom. The van der Waals surface area contributed by atoms with Gasteiger partial charge in [-0.3, -0.25) is 23.7 Å². The molecule has 0 amide bonds. The Kier molecular flexibility index (Phi) is 29.5. The summed E-state index contributed by atoms with van der Waals surface area (Å²) in [5, 5.41) is 14.0. The van der Waals surface area contributed by atoms with E-state index in [1.54, 1.807) is 12.1 Å². The van der Waals surface area contributed by atoms with E-state index in [1.165, 1.54) is 76.5 Å². The van der Waals surface area contributed by atoms with Crippen molar-refractivity contribution >= 4 is 96.1 Å². The number of rotatable bonds is 12. The fraction of sp³-hybridized carbons (Fsp3) is 0.0361. The summed E-state index contributed by atoms with van der Waals surface area (Å²) in [6.45, 7) is 0. The molecule has 1 aromatic heterocycles. The van der Waals surface area contributed by atoms with Gasteiger partial charge in [0.2, 0.25) is 0 Å². The molecule has 0 bridgehead atoms. The van der Waals surface area contributed by atoms with Crippen LogP contribution in [0.4, 0.5) is 0 Å². The molecule has 1 heterocycles. The van der Waals surface area contributed by atoms with Gasteiger partial charge in [-0.15, -0.1) is 64.7 Å². The van der Waals surface area contributed by atoms with Gasteiger partial charge >= 0.3 is 89.5 Å². The predicted octanol–water partition coefficient (Wildman–Crippen LogP) is 15.9. The van der Waals surface area contributed by atoms with E-state index in [1.807, 2.05) is 54.6 Å². The van der Waals surface area contributed by atoms with Crippen LogP contribution in [0.25, 0.3) is 33.1 Å². The van der Waals surface area contributed by atoms with E-state index in [-0.39, 0.29) is 89.5 Å². The second-order valence-corrected chi connectivity index (χ2v) is 32.4. The van der Waals surface area contributed by atoms with Crippen LogP contribution >= 0.6 is 31.7 Å². The smallest absolute Gasteiger partial charge is 0.458 e. The van der Waals surface area contributed by atoms with E-state index in [2.05, 4.69) is 272 Å². The quantitative estimate of drug-likeness (QED) is 0.0514. The summed E-state index contributed by atoms with van der Waals surface area (Å²) in [7, 11) is -3.39. The zero-order chi connectivity index (χ0) is 60.3. The molecule has 0 radical (unpaired) electrons. The van der Waals surface area contributed by atoms with Crippen LogP contribution in [0.3, 0.4) is 0 Å². The fourth-order valence-electron chi connectivity index (χ4n) is 11.2. The molecule has 13 aromatic rings. The van der Waals surface area contributed by atoms with E-state index in [0.717, 1.165) is 45.0 Å². The minimum atomic E-state index is -0.847. The van der Waals surface area contributed by atoms with Crippen LogP contribution in [0, 0.1) is 49.4 Å². The largest absolute Gasteiger partial charge is 1.00 e. The first-order chi connectivity index (χ1) is 43.5. The summed E-state index contributed by atoms with van der Waals surface area (Å²) in [6, 6.07) is 112. The molecule has 460 valence electrons. The molecule has 0 N–H and O–H groups in total. The summed E-state index contributed by atoms with van der Waals surface area (Å²) >= 11 is 0. The number of furan rings is 1. The fourth-order valence-corrected chi connectivity index (χ4v) is 26.7. The molecule has 0 spiro atoms. The number of hydrogen-bond acceptors (Lipinski definition) is 1. The number of benzene rings is 12. The molecule has 14 rings (SSSR count). The SMILES string of the molecule is [Au+].[Au+].[Au+].[Au+].[C-]#Cc1ccc2c(c1)Cc1ccc(C#[C-])cc1-2.[C-]#Cc1ccc2c(c1)oc1ccc(C#[C-])cc12.c1ccc([PH+](C[PH+](c2ccccc2)c2ccccc2)c2ccccc2)cc1.c1ccc([PH+](C[PH+](c2ccccc2)c2ccccc2)c2ccccc2)cc1. The summed E-state index contributed by atoms with van der Waals surface area (Å²) in [5.74, 6) is 12.0. The van der Waals surface area contributed by atoms with E-state index in [0.29, 0.717) is 5.56 Å². The molecule has 0 atom stereocenters. The summed E-state index contributed by atoms with van der Waals surface area (Å²) in [5.41, 5.74) is 9.46. The first-order valence-electron chi connectivity index (χ1n) is 29.3. The zero-order valence-corrected chi connectivity index (χ0v) is 62.4. The van der Waals surface area contributed by atoms with E-state index < -0.39 is 31.7 Å². The third-order valence-electron chi connectivity index (χ3n) is 15.6. The maximum Gasteiger partial charge on any atom is 1.00 e. The second-order valence-electron chi connectivity index (χ2n) is 21.1. The van der Waals surface area contributed by atoms with Crippen LogP contribution in [0.2, 0.25) is 0 Å². The van der Waals surface area contributed by atoms with Crippen molar-refractivity contribution in [2.75, 3.05) is 11.8 Å². The first kappa shape index (κ1) is 72.8. The standard InChI is InChI=1S/2C25H22P2.C17H8.C16H6O.4Au/c2*1-5-13-22(14-6-1)26(23-15-7-2-8-16-23)21-27(24-17-9-3-10-18-24)25-19-11-4-12-20-25;1-3-12-6-8-16-15(9-12)11-14-7-5-13(4-2)10-17(14)16;1-3-11-6-8-15-14(9-11)13-7-5-12(4-2)10-16(13)17-15;;;;/h2*1-20H,21H2;5-10H,11H2;5-10H;;;;/q;;2*-2;4*+1/p+4. The zero-order valence-electron chi connectivity index (χ0n) is 49.8. The van der Waals surface area contributed by atoms with Gasteiger partial charge in [-0.05, 0) is 126 Å². The maximum atomic E-state index is 7.17. The molecule has 1 nitrogen and oxygen atoms in total. The van der Waals surface area contributed by atoms with Gasteiger partial charge in [-0.2, -0.15) is 0 Å². The van der Waals surface area contributed by atoms with Crippen molar-refractivity contribution < 1.29 is 93.9 Å². The van der Waals surface area contributed by atoms with Crippen molar-refractivity contribution in [1.82, 2.24) is 0 Å². The van der Waals surface area contributed by atoms with Crippen LogP contribution in [-0.4, -0.2) is 11.8 Å². The summed E-state index contributed by atoms with van der Waals surface area (Å²) < 4.78 is 5.68. The van der Waals surface area contributed by atoms with Crippen molar-refractivity contribution in [3.05, 3.63) is 375 Å². The third-order valence-corrected chi connectivity index (χ3v) is 29.5. The third kappa shape index (κ3) is 18.8. The van der Waals surface area contributed by atoms with Crippen LogP contribution in [0.5, 0.6) is 0 Å². The molecule has 0 aliphatic heterocycles. The Balaban J connectivity index is 0.000000175. The molecule has 1 aliphatic rings. The summed E-state index contributed by atoms with van der Waals surface area (Å²) in [6.07, 6.45) is 29.4. The van der Waals surface area contributed by atoms with Gasteiger partial charge in [0, 0.05) is 10.8 Å². The minimum Gasteiger partial charge on any atom is -0.458 e. The van der Waals surface area contributed by atoms with Crippen molar-refractivity contribution in [2.45, 2.75) is 6.42 Å². The first-order valence-corrected chi connectivity index (χ1v) is 36.1. The van der Waals surface area contributed by atoms with Crippen LogP contribution in [-0.2, 0) is 95.9 Å². The van der Waals surface area contributed by atoms with Gasteiger partial charge in [-0.25, -0.2) is 0 Å². The van der Waals surface area contributed by atoms with Crippen LogP contribution in [0.15, 0.2) is 320 Å². The minimum absolute atomic E-state index is 0. The molecule has 9 heteroatoms. The van der Waals surface area contributed by atoms with Crippen LogP contribution in [0.1, 0.15) is 33.4 Å². The molecule has 0 unspecified atom stereocenters. The monoisotopic (exact) mass is 1990 g/mol. The average Bonchev–Trinajstić information content (AvgIpc) is 1.63. The molecular weight excluding hydrogens is 1920 g/mol. The number of fused-ring (bicyclic) bond motifs is 6. The Labute approximate surface area is 611 Å². The summed E-state index contributed by atoms with van der Waals surface area (Å²) in [4.78, 5) is 0. The molecule has 12 aromatic carbocycles. The van der Waals surface area contributed by atoms with Crippen molar-refractivity contribution in [3.63, 3.8) is 0 Å². The Morgan fingerprint density at radius 1 is 0.261 bits per heavy atom. The Hall–Kier alpha value is -6.64. The van der Waals surface area contributed by atoms with Gasteiger partial charge in [0.1, 0.15) is 85.3 Å². The molecule has 0 fully saturated rings. The van der Waals surface area contributed by atoms with E-state index in [9.17, 15) is 0 Å². The van der Waals surface area contributed by atoms with Gasteiger partial charge in [0.15, 0.2) is 11.8 Å². The molecule has 1 aliphatic carbocycles. The van der Waals surface area contributed by atoms with Crippen molar-refractivity contribution in [3.8, 4) is 34.8 Å². The van der Waals surface area contributed by atoms with Gasteiger partial charge < -0.3 is 30.1 Å². The topological polar surface area (TPSA) is 13.1 Å². The Bertz CT molecular complexity index is 4100. The number of hydrogen-bond donors (Lipinski definition) is 0. The van der Waals surface area contributed by atoms with Crippen molar-refractivity contribution in [2.24, 2.45) is 0 Å². The van der Waals surface area contributed by atoms with E-state index in [4.69, 9.17) is 30.1 Å². The van der Waals surface area contributed by atoms with Crippen LogP contribution < -0.4 is 42.4 Å². The molecule has 0 saturated carbocycles. The normalized spacial score (nSPS) is 10.4. The molecule has 92 heavy (non-hydrogen) atoms. The molecule has 0 saturated heterocycles. The van der Waals surface area contributed by atoms with Gasteiger partial charge in [-0.1, -0.05) is 175 Å². The molecular formula is C83H62Au4OP4+4. The maximum absolute atomic E-state index is 7.17.